The van der Waals surface area contributed by atoms with Crippen LogP contribution in [0, 0.1) is 17.6 Å². The molecule has 5 rings (SSSR count). The molecule has 3 heterocycles. The van der Waals surface area contributed by atoms with E-state index in [1.807, 2.05) is 0 Å². The molecule has 13 heteroatoms. The van der Waals surface area contributed by atoms with Crippen LogP contribution in [-0.4, -0.2) is 87.5 Å². The quantitative estimate of drug-likeness (QED) is 0.404. The molecule has 5 atom stereocenters. The standard InChI is InChI=1S/C31H42F2N4O5S2/c1-43(39,40)36-15-13-22(14-16-36)30(21-7-9-24(32)10-8-21)31(34)29(38)18-23-4-2-6-28(33)27(23)12-11-26-19-35-25-5-3-17-44(41,42)37(26)20-25/h2,4,6-10,22,25-26,30-31,35H,3,5,11-20,34H2,1H3/t25-,26+,30+,31-/m1/s1. The zero-order chi connectivity index (χ0) is 31.6. The molecule has 2 aromatic carbocycles. The molecule has 0 amide bonds. The minimum Gasteiger partial charge on any atom is -0.321 e. The number of halogens is 2. The Morgan fingerprint density at radius 2 is 1.80 bits per heavy atom. The topological polar surface area (TPSA) is 130 Å². The number of Topliss-reactive ketones (excluding diaryl/α,β-unsaturated/α-hetero) is 1. The van der Waals surface area contributed by atoms with Gasteiger partial charge in [0.15, 0.2) is 5.78 Å². The average molecular weight is 653 g/mol. The van der Waals surface area contributed by atoms with Crippen molar-refractivity contribution in [2.24, 2.45) is 11.7 Å². The Morgan fingerprint density at radius 3 is 2.48 bits per heavy atom. The second-order valence-electron chi connectivity index (χ2n) is 12.4. The molecule has 0 aromatic heterocycles. The lowest BCUT2D eigenvalue weighted by molar-refractivity contribution is -0.120. The van der Waals surface area contributed by atoms with Crippen molar-refractivity contribution in [3.8, 4) is 0 Å². The van der Waals surface area contributed by atoms with Gasteiger partial charge in [0.1, 0.15) is 11.6 Å². The van der Waals surface area contributed by atoms with Gasteiger partial charge in [-0.2, -0.15) is 4.31 Å². The predicted octanol–water partition coefficient (Wildman–Crippen LogP) is 2.56. The average Bonchev–Trinajstić information content (AvgIpc) is 3.09. The highest BCUT2D eigenvalue weighted by molar-refractivity contribution is 7.89. The van der Waals surface area contributed by atoms with Crippen molar-refractivity contribution in [1.82, 2.24) is 13.9 Å². The van der Waals surface area contributed by atoms with Crippen LogP contribution in [0.25, 0.3) is 0 Å². The predicted molar refractivity (Wildman–Crippen MR) is 165 cm³/mol. The van der Waals surface area contributed by atoms with Crippen molar-refractivity contribution in [2.45, 2.75) is 69.0 Å². The number of rotatable bonds is 10. The number of fused-ring (bicyclic) bond motifs is 2. The van der Waals surface area contributed by atoms with E-state index in [0.717, 1.165) is 6.42 Å². The maximum Gasteiger partial charge on any atom is 0.214 e. The molecule has 1 unspecified atom stereocenters. The van der Waals surface area contributed by atoms with Crippen LogP contribution in [-0.2, 0) is 37.7 Å². The van der Waals surface area contributed by atoms with Gasteiger partial charge >= 0.3 is 0 Å². The summed E-state index contributed by atoms with van der Waals surface area (Å²) < 4.78 is 81.9. The minimum atomic E-state index is -3.39. The number of carbonyl (C=O) groups excluding carboxylic acids is 1. The Bertz CT molecular complexity index is 1550. The zero-order valence-corrected chi connectivity index (χ0v) is 26.6. The summed E-state index contributed by atoms with van der Waals surface area (Å²) in [7, 11) is -6.74. The van der Waals surface area contributed by atoms with Crippen LogP contribution < -0.4 is 11.1 Å². The Labute approximate surface area is 259 Å². The fourth-order valence-electron chi connectivity index (χ4n) is 7.13. The number of hydrogen-bond donors (Lipinski definition) is 2. The van der Waals surface area contributed by atoms with Gasteiger partial charge in [0.05, 0.1) is 18.1 Å². The smallest absolute Gasteiger partial charge is 0.214 e. The zero-order valence-electron chi connectivity index (χ0n) is 25.0. The summed E-state index contributed by atoms with van der Waals surface area (Å²) in [6.07, 6.45) is 4.14. The third-order valence-electron chi connectivity index (χ3n) is 9.56. The van der Waals surface area contributed by atoms with Gasteiger partial charge in [-0.25, -0.2) is 29.9 Å². The second kappa shape index (κ2) is 13.6. The molecule has 0 saturated carbocycles. The number of nitrogens with two attached hydrogens (primary N) is 1. The lowest BCUT2D eigenvalue weighted by Crippen LogP contribution is -2.57. The van der Waals surface area contributed by atoms with E-state index < -0.39 is 43.6 Å². The highest BCUT2D eigenvalue weighted by Crippen LogP contribution is 2.36. The Kier molecular flexibility index (Phi) is 10.2. The first-order valence-corrected chi connectivity index (χ1v) is 18.8. The van der Waals surface area contributed by atoms with E-state index in [1.165, 1.54) is 28.8 Å². The number of hydrogen-bond acceptors (Lipinski definition) is 7. The van der Waals surface area contributed by atoms with Crippen molar-refractivity contribution in [1.29, 1.82) is 0 Å². The molecule has 9 nitrogen and oxygen atoms in total. The van der Waals surface area contributed by atoms with E-state index in [9.17, 15) is 26.0 Å². The van der Waals surface area contributed by atoms with Gasteiger partial charge in [0, 0.05) is 50.6 Å². The van der Waals surface area contributed by atoms with Crippen LogP contribution in [0.3, 0.4) is 0 Å². The third kappa shape index (κ3) is 7.56. The van der Waals surface area contributed by atoms with Crippen LogP contribution in [0.1, 0.15) is 54.7 Å². The number of benzene rings is 2. The largest absolute Gasteiger partial charge is 0.321 e. The van der Waals surface area contributed by atoms with Gasteiger partial charge in [-0.3, -0.25) is 4.79 Å². The number of piperazine rings is 1. The number of ketones is 1. The fraction of sp³-hybridized carbons (Fsp3) is 0.581. The van der Waals surface area contributed by atoms with Crippen molar-refractivity contribution in [2.75, 3.05) is 38.2 Å². The molecule has 3 saturated heterocycles. The van der Waals surface area contributed by atoms with Crippen LogP contribution in [0.15, 0.2) is 42.5 Å². The first kappa shape index (κ1) is 33.1. The third-order valence-corrected chi connectivity index (χ3v) is 12.8. The number of nitrogens with one attached hydrogen (secondary N) is 1. The molecule has 2 aromatic rings. The van der Waals surface area contributed by atoms with Gasteiger partial charge in [0.2, 0.25) is 20.0 Å². The maximum absolute atomic E-state index is 15.2. The van der Waals surface area contributed by atoms with Crippen molar-refractivity contribution < 1.29 is 30.4 Å². The highest BCUT2D eigenvalue weighted by Gasteiger charge is 2.39. The Balaban J connectivity index is 1.33. The highest BCUT2D eigenvalue weighted by atomic mass is 32.2. The lowest BCUT2D eigenvalue weighted by Gasteiger charge is -2.38. The molecule has 3 aliphatic heterocycles. The lowest BCUT2D eigenvalue weighted by atomic mass is 9.74. The first-order chi connectivity index (χ1) is 20.8. The molecule has 0 aliphatic carbocycles. The van der Waals surface area contributed by atoms with Crippen molar-refractivity contribution in [3.63, 3.8) is 0 Å². The van der Waals surface area contributed by atoms with Gasteiger partial charge in [-0.1, -0.05) is 24.3 Å². The van der Waals surface area contributed by atoms with E-state index in [0.29, 0.717) is 68.6 Å². The number of sulfonamides is 2. The van der Waals surface area contributed by atoms with Crippen molar-refractivity contribution in [3.05, 3.63) is 70.8 Å². The summed E-state index contributed by atoms with van der Waals surface area (Å²) in [4.78, 5) is 13.8. The summed E-state index contributed by atoms with van der Waals surface area (Å²) in [6, 6.07) is 9.32. The summed E-state index contributed by atoms with van der Waals surface area (Å²) in [5, 5.41) is 3.43. The SMILES string of the molecule is CS(=O)(=O)N1CCC([C@H](c2ccc(F)cc2)[C@H](N)C(=O)Cc2cccc(F)c2CC[C@H]2CN[C@@H]3CCCS(=O)(=O)N2C3)CC1. The van der Waals surface area contributed by atoms with Crippen LogP contribution in [0.2, 0.25) is 0 Å². The molecule has 3 aliphatic rings. The van der Waals surface area contributed by atoms with Crippen LogP contribution in [0.5, 0.6) is 0 Å². The fourth-order valence-corrected chi connectivity index (χ4v) is 9.82. The van der Waals surface area contributed by atoms with E-state index in [2.05, 4.69) is 5.32 Å². The molecular formula is C31H42F2N4O5S2. The van der Waals surface area contributed by atoms with E-state index in [-0.39, 0.29) is 42.4 Å². The molecule has 0 spiro atoms. The monoisotopic (exact) mass is 652 g/mol. The van der Waals surface area contributed by atoms with Crippen molar-refractivity contribution >= 4 is 25.8 Å². The van der Waals surface area contributed by atoms with Crippen LogP contribution in [0.4, 0.5) is 8.78 Å². The van der Waals surface area contributed by atoms with Crippen LogP contribution >= 0.6 is 0 Å². The van der Waals surface area contributed by atoms with Gasteiger partial charge in [0.25, 0.3) is 0 Å². The Morgan fingerprint density at radius 1 is 1.09 bits per heavy atom. The van der Waals surface area contributed by atoms with Gasteiger partial charge in [-0.05, 0) is 79.3 Å². The molecule has 2 bridgehead atoms. The number of nitrogens with zero attached hydrogens (tertiary/aromatic N) is 2. The maximum atomic E-state index is 15.2. The summed E-state index contributed by atoms with van der Waals surface area (Å²) in [5.41, 5.74) is 8.25. The molecule has 3 fully saturated rings. The molecule has 3 N–H and O–H groups in total. The van der Waals surface area contributed by atoms with E-state index >= 15 is 4.39 Å². The summed E-state index contributed by atoms with van der Waals surface area (Å²) >= 11 is 0. The molecule has 44 heavy (non-hydrogen) atoms. The second-order valence-corrected chi connectivity index (χ2v) is 16.5. The van der Waals surface area contributed by atoms with Gasteiger partial charge in [-0.15, -0.1) is 0 Å². The molecule has 242 valence electrons. The number of carbonyl (C=O) groups is 1. The summed E-state index contributed by atoms with van der Waals surface area (Å²) in [5.74, 6) is -1.64. The number of piperidine rings is 1. The Hall–Kier alpha value is -2.29. The molecule has 0 radical (unpaired) electrons. The molecular weight excluding hydrogens is 610 g/mol. The summed E-state index contributed by atoms with van der Waals surface area (Å²) in [6.45, 7) is 1.52. The van der Waals surface area contributed by atoms with Gasteiger partial charge < -0.3 is 11.1 Å². The normalized spacial score (nSPS) is 26.0. The first-order valence-electron chi connectivity index (χ1n) is 15.3. The van der Waals surface area contributed by atoms with E-state index in [4.69, 9.17) is 5.73 Å². The van der Waals surface area contributed by atoms with E-state index in [1.54, 1.807) is 28.6 Å². The minimum absolute atomic E-state index is 0.109.